The van der Waals surface area contributed by atoms with Gasteiger partial charge < -0.3 is 11.1 Å². The molecule has 1 amide bonds. The minimum absolute atomic E-state index is 0.000248. The molecule has 0 saturated heterocycles. The molecule has 21 heavy (non-hydrogen) atoms. The lowest BCUT2D eigenvalue weighted by atomic mass is 10.0. The predicted molar refractivity (Wildman–Crippen MR) is 80.9 cm³/mol. The highest BCUT2D eigenvalue weighted by molar-refractivity contribution is 5.95. The summed E-state index contributed by atoms with van der Waals surface area (Å²) >= 11 is 0. The van der Waals surface area contributed by atoms with Crippen molar-refractivity contribution in [1.82, 2.24) is 5.32 Å². The Kier molecular flexibility index (Phi) is 3.43. The summed E-state index contributed by atoms with van der Waals surface area (Å²) in [5.74, 6) is 0.166. The number of benzene rings is 1. The number of nitrogens with zero attached hydrogens (tertiary/aromatic N) is 1. The van der Waals surface area contributed by atoms with Crippen LogP contribution in [0.1, 0.15) is 38.1 Å². The molecule has 0 heterocycles. The molecule has 0 aliphatic heterocycles. The number of carbonyl (C=O) groups is 1. The molecule has 114 valence electrons. The maximum absolute atomic E-state index is 12.1. The molecule has 1 aliphatic rings. The number of rotatable bonds is 4. The average molecular weight is 291 g/mol. The quantitative estimate of drug-likeness (QED) is 0.506. The van der Waals surface area contributed by atoms with Crippen molar-refractivity contribution >= 4 is 17.3 Å². The number of hydrogen-bond acceptors (Lipinski definition) is 4. The van der Waals surface area contributed by atoms with E-state index < -0.39 is 4.92 Å². The lowest BCUT2D eigenvalue weighted by Gasteiger charge is -2.07. The lowest BCUT2D eigenvalue weighted by molar-refractivity contribution is -0.383. The largest absolute Gasteiger partial charge is 0.393 e. The number of anilines is 1. The van der Waals surface area contributed by atoms with Crippen molar-refractivity contribution in [1.29, 1.82) is 0 Å². The topological polar surface area (TPSA) is 98.3 Å². The van der Waals surface area contributed by atoms with Crippen molar-refractivity contribution < 1.29 is 9.72 Å². The fraction of sp³-hybridized carbons (Fsp3) is 0.533. The molecule has 6 heteroatoms. The van der Waals surface area contributed by atoms with E-state index in [9.17, 15) is 14.9 Å². The normalized spacial score (nSPS) is 19.0. The monoisotopic (exact) mass is 291 g/mol. The Morgan fingerprint density at radius 2 is 1.90 bits per heavy atom. The van der Waals surface area contributed by atoms with Gasteiger partial charge in [-0.2, -0.15) is 0 Å². The first-order chi connectivity index (χ1) is 9.59. The number of nitrogens with two attached hydrogens (primary N) is 1. The van der Waals surface area contributed by atoms with E-state index in [1.165, 1.54) is 18.2 Å². The van der Waals surface area contributed by atoms with E-state index in [4.69, 9.17) is 5.73 Å². The third kappa shape index (κ3) is 2.46. The van der Waals surface area contributed by atoms with Gasteiger partial charge in [-0.3, -0.25) is 14.9 Å². The van der Waals surface area contributed by atoms with Crippen LogP contribution in [0.3, 0.4) is 0 Å². The van der Waals surface area contributed by atoms with Gasteiger partial charge in [0.25, 0.3) is 11.6 Å². The van der Waals surface area contributed by atoms with E-state index >= 15 is 0 Å². The van der Waals surface area contributed by atoms with E-state index in [0.717, 1.165) is 0 Å². The van der Waals surface area contributed by atoms with Crippen molar-refractivity contribution in [3.63, 3.8) is 0 Å². The molecule has 1 aromatic carbocycles. The Bertz CT molecular complexity index is 594. The van der Waals surface area contributed by atoms with Gasteiger partial charge in [0.1, 0.15) is 5.69 Å². The van der Waals surface area contributed by atoms with Gasteiger partial charge in [0.2, 0.25) is 0 Å². The van der Waals surface area contributed by atoms with Crippen LogP contribution >= 0.6 is 0 Å². The van der Waals surface area contributed by atoms with E-state index in [1.54, 1.807) is 0 Å². The summed E-state index contributed by atoms with van der Waals surface area (Å²) in [5.41, 5.74) is 6.16. The van der Waals surface area contributed by atoms with Gasteiger partial charge in [0, 0.05) is 18.2 Å². The van der Waals surface area contributed by atoms with Gasteiger partial charge >= 0.3 is 0 Å². The Morgan fingerprint density at radius 1 is 1.33 bits per heavy atom. The maximum atomic E-state index is 12.1. The van der Waals surface area contributed by atoms with Crippen LogP contribution in [-0.4, -0.2) is 17.4 Å². The van der Waals surface area contributed by atoms with Gasteiger partial charge in [-0.05, 0) is 28.9 Å². The number of amides is 1. The minimum atomic E-state index is -0.563. The van der Waals surface area contributed by atoms with Gasteiger partial charge in [-0.1, -0.05) is 27.7 Å². The van der Waals surface area contributed by atoms with Crippen LogP contribution in [0.15, 0.2) is 18.2 Å². The van der Waals surface area contributed by atoms with Crippen LogP contribution in [0, 0.1) is 26.9 Å². The number of nitro groups is 1. The summed E-state index contributed by atoms with van der Waals surface area (Å²) in [4.78, 5) is 22.2. The second-order valence-electron chi connectivity index (χ2n) is 6.74. The van der Waals surface area contributed by atoms with Crippen molar-refractivity contribution in [3.8, 4) is 0 Å². The zero-order chi connectivity index (χ0) is 16.0. The van der Waals surface area contributed by atoms with Crippen LogP contribution in [0.2, 0.25) is 0 Å². The van der Waals surface area contributed by atoms with Crippen molar-refractivity contribution in [3.05, 3.63) is 33.9 Å². The highest BCUT2D eigenvalue weighted by atomic mass is 16.6. The van der Waals surface area contributed by atoms with Crippen LogP contribution in [0.4, 0.5) is 11.4 Å². The van der Waals surface area contributed by atoms with E-state index in [-0.39, 0.29) is 28.1 Å². The molecule has 0 spiro atoms. The zero-order valence-corrected chi connectivity index (χ0v) is 12.8. The highest BCUT2D eigenvalue weighted by Crippen LogP contribution is 2.67. The number of nitro benzene ring substituents is 1. The summed E-state index contributed by atoms with van der Waals surface area (Å²) in [6.07, 6.45) is 0. The fourth-order valence-corrected chi connectivity index (χ4v) is 3.00. The SMILES string of the molecule is CC1(C)C(CNC(=O)c2ccc([N+](=O)[O-])c(N)c2)C1(C)C. The molecule has 0 bridgehead atoms. The summed E-state index contributed by atoms with van der Waals surface area (Å²) in [6, 6.07) is 4.03. The lowest BCUT2D eigenvalue weighted by Crippen LogP contribution is -2.27. The first-order valence-corrected chi connectivity index (χ1v) is 6.91. The van der Waals surface area contributed by atoms with Crippen LogP contribution < -0.4 is 11.1 Å². The molecule has 1 saturated carbocycles. The molecule has 1 fully saturated rings. The molecule has 0 aromatic heterocycles. The Labute approximate surface area is 123 Å². The standard InChI is InChI=1S/C15H21N3O3/c1-14(2)12(15(14,3)4)8-17-13(19)9-5-6-11(18(20)21)10(16)7-9/h5-7,12H,8,16H2,1-4H3,(H,17,19). The zero-order valence-electron chi connectivity index (χ0n) is 12.8. The van der Waals surface area contributed by atoms with Crippen molar-refractivity contribution in [2.45, 2.75) is 27.7 Å². The Hall–Kier alpha value is -2.11. The summed E-state index contributed by atoms with van der Waals surface area (Å²) < 4.78 is 0. The Morgan fingerprint density at radius 3 is 2.33 bits per heavy atom. The molecular formula is C15H21N3O3. The van der Waals surface area contributed by atoms with Gasteiger partial charge in [0.15, 0.2) is 0 Å². The number of nitrogens with one attached hydrogen (secondary N) is 1. The van der Waals surface area contributed by atoms with Gasteiger partial charge in [-0.15, -0.1) is 0 Å². The molecular weight excluding hydrogens is 270 g/mol. The van der Waals surface area contributed by atoms with Crippen molar-refractivity contribution in [2.24, 2.45) is 16.7 Å². The number of nitrogen functional groups attached to an aromatic ring is 1. The molecule has 1 aliphatic carbocycles. The third-order valence-electron chi connectivity index (χ3n) is 5.27. The summed E-state index contributed by atoms with van der Waals surface area (Å²) in [7, 11) is 0. The molecule has 3 N–H and O–H groups in total. The molecule has 6 nitrogen and oxygen atoms in total. The minimum Gasteiger partial charge on any atom is -0.393 e. The second-order valence-corrected chi connectivity index (χ2v) is 6.74. The average Bonchev–Trinajstić information content (AvgIpc) is 2.76. The molecule has 1 aromatic rings. The smallest absolute Gasteiger partial charge is 0.292 e. The maximum Gasteiger partial charge on any atom is 0.292 e. The van der Waals surface area contributed by atoms with E-state index in [1.807, 2.05) is 0 Å². The van der Waals surface area contributed by atoms with E-state index in [0.29, 0.717) is 18.0 Å². The van der Waals surface area contributed by atoms with Gasteiger partial charge in [0.05, 0.1) is 4.92 Å². The summed E-state index contributed by atoms with van der Waals surface area (Å²) in [6.45, 7) is 9.35. The predicted octanol–water partition coefficient (Wildman–Crippen LogP) is 2.59. The van der Waals surface area contributed by atoms with Crippen LogP contribution in [0.25, 0.3) is 0 Å². The van der Waals surface area contributed by atoms with Gasteiger partial charge in [-0.25, -0.2) is 0 Å². The highest BCUT2D eigenvalue weighted by Gasteiger charge is 2.64. The van der Waals surface area contributed by atoms with E-state index in [2.05, 4.69) is 33.0 Å². The first-order valence-electron chi connectivity index (χ1n) is 6.91. The first kappa shape index (κ1) is 15.3. The second kappa shape index (κ2) is 4.72. The molecule has 2 rings (SSSR count). The number of hydrogen-bond donors (Lipinski definition) is 2. The van der Waals surface area contributed by atoms with Crippen LogP contribution in [0.5, 0.6) is 0 Å². The van der Waals surface area contributed by atoms with Crippen LogP contribution in [-0.2, 0) is 0 Å². The Balaban J connectivity index is 2.02. The third-order valence-corrected chi connectivity index (χ3v) is 5.27. The summed E-state index contributed by atoms with van der Waals surface area (Å²) in [5, 5.41) is 13.6. The molecule has 0 radical (unpaired) electrons. The van der Waals surface area contributed by atoms with Crippen molar-refractivity contribution in [2.75, 3.05) is 12.3 Å². The fourth-order valence-electron chi connectivity index (χ4n) is 3.00. The molecule has 0 unspecified atom stereocenters. The number of carbonyl (C=O) groups excluding carboxylic acids is 1. The molecule has 0 atom stereocenters.